The van der Waals surface area contributed by atoms with Crippen LogP contribution in [0.3, 0.4) is 0 Å². The Balaban J connectivity index is 2.23. The van der Waals surface area contributed by atoms with Gasteiger partial charge >= 0.3 is 5.69 Å². The largest absolute Gasteiger partial charge is 0.474 e. The van der Waals surface area contributed by atoms with Crippen molar-refractivity contribution in [2.45, 2.75) is 63.5 Å². The fourth-order valence-electron chi connectivity index (χ4n) is 3.25. The number of hydrogen-bond acceptors (Lipinski definition) is 6. The lowest BCUT2D eigenvalue weighted by Crippen LogP contribution is -2.41. The summed E-state index contributed by atoms with van der Waals surface area (Å²) < 4.78 is 31.9. The summed E-state index contributed by atoms with van der Waals surface area (Å²) in [6, 6.07) is 3.57. The van der Waals surface area contributed by atoms with Gasteiger partial charge in [-0.3, -0.25) is 14.9 Å². The predicted molar refractivity (Wildman–Crippen MR) is 104 cm³/mol. The molecule has 1 fully saturated rings. The first-order valence-electron chi connectivity index (χ1n) is 9.46. The molecular weight excluding hydrogens is 386 g/mol. The van der Waals surface area contributed by atoms with E-state index < -0.39 is 26.7 Å². The average molecular weight is 413 g/mol. The normalized spacial score (nSPS) is 16.1. The monoisotopic (exact) mass is 413 g/mol. The number of nitro benzene ring substituents is 1. The molecular formula is C18H27N3O6S. The maximum Gasteiger partial charge on any atom is 0.312 e. The number of nitrogens with zero attached hydrogens (tertiary/aromatic N) is 2. The molecule has 1 N–H and O–H groups in total. The van der Waals surface area contributed by atoms with Gasteiger partial charge in [0.25, 0.3) is 5.91 Å². The first-order chi connectivity index (χ1) is 13.2. The van der Waals surface area contributed by atoms with Crippen LogP contribution in [0, 0.1) is 10.1 Å². The van der Waals surface area contributed by atoms with Crippen molar-refractivity contribution in [1.82, 2.24) is 9.62 Å². The summed E-state index contributed by atoms with van der Waals surface area (Å²) in [5.41, 5.74) is -0.492. The van der Waals surface area contributed by atoms with E-state index in [0.29, 0.717) is 0 Å². The minimum Gasteiger partial charge on any atom is -0.474 e. The molecule has 0 aliphatic heterocycles. The highest BCUT2D eigenvalue weighted by molar-refractivity contribution is 7.89. The summed E-state index contributed by atoms with van der Waals surface area (Å²) in [5.74, 6) is -0.487. The molecule has 0 spiro atoms. The van der Waals surface area contributed by atoms with Gasteiger partial charge in [-0.2, -0.15) is 4.31 Å². The Morgan fingerprint density at radius 1 is 1.32 bits per heavy atom. The molecule has 0 heterocycles. The van der Waals surface area contributed by atoms with Crippen LogP contribution in [0.5, 0.6) is 5.75 Å². The van der Waals surface area contributed by atoms with Crippen LogP contribution in [0.4, 0.5) is 5.69 Å². The minimum absolute atomic E-state index is 0.107. The number of rotatable bonds is 9. The molecule has 0 aromatic heterocycles. The average Bonchev–Trinajstić information content (AvgIpc) is 3.15. The zero-order chi connectivity index (χ0) is 20.9. The fourth-order valence-corrected chi connectivity index (χ4v) is 4.72. The fraction of sp³-hybridized carbons (Fsp3) is 0.611. The zero-order valence-electron chi connectivity index (χ0n) is 16.4. The first-order valence-corrected chi connectivity index (χ1v) is 10.9. The Labute approximate surface area is 165 Å². The predicted octanol–water partition coefficient (Wildman–Crippen LogP) is 2.45. The summed E-state index contributed by atoms with van der Waals surface area (Å²) in [6.07, 6.45) is 3.01. The quantitative estimate of drug-likeness (QED) is 0.491. The van der Waals surface area contributed by atoms with E-state index in [1.807, 2.05) is 0 Å². The summed E-state index contributed by atoms with van der Waals surface area (Å²) in [4.78, 5) is 22.8. The Bertz CT molecular complexity index is 817. The van der Waals surface area contributed by atoms with Gasteiger partial charge in [-0.1, -0.05) is 26.7 Å². The number of amides is 1. The maximum atomic E-state index is 12.6. The molecule has 9 nitrogen and oxygen atoms in total. The number of carbonyl (C=O) groups excluding carboxylic acids is 1. The zero-order valence-corrected chi connectivity index (χ0v) is 17.2. The third-order valence-electron chi connectivity index (χ3n) is 4.84. The molecule has 0 radical (unpaired) electrons. The number of benzene rings is 1. The third kappa shape index (κ3) is 4.99. The molecule has 2 rings (SSSR count). The smallest absolute Gasteiger partial charge is 0.312 e. The molecule has 1 aromatic carbocycles. The number of hydrogen-bond donors (Lipinski definition) is 1. The van der Waals surface area contributed by atoms with Gasteiger partial charge < -0.3 is 10.1 Å². The highest BCUT2D eigenvalue weighted by atomic mass is 32.2. The second-order valence-corrected chi connectivity index (χ2v) is 8.66. The van der Waals surface area contributed by atoms with Crippen LogP contribution in [-0.2, 0) is 14.8 Å². The first kappa shape index (κ1) is 22.1. The van der Waals surface area contributed by atoms with Crippen LogP contribution in [0.25, 0.3) is 0 Å². The van der Waals surface area contributed by atoms with Crippen LogP contribution in [0.15, 0.2) is 23.1 Å². The highest BCUT2D eigenvalue weighted by Crippen LogP contribution is 2.31. The molecule has 10 heteroatoms. The lowest BCUT2D eigenvalue weighted by molar-refractivity contribution is -0.386. The van der Waals surface area contributed by atoms with Gasteiger partial charge in [0.05, 0.1) is 9.82 Å². The number of carbonyl (C=O) groups is 1. The van der Waals surface area contributed by atoms with Crippen molar-refractivity contribution < 1.29 is 22.9 Å². The van der Waals surface area contributed by atoms with Crippen molar-refractivity contribution in [3.63, 3.8) is 0 Å². The Hall–Kier alpha value is -2.20. The number of ether oxygens (including phenoxy) is 1. The molecule has 0 unspecified atom stereocenters. The second kappa shape index (κ2) is 9.33. The van der Waals surface area contributed by atoms with E-state index in [4.69, 9.17) is 4.74 Å². The van der Waals surface area contributed by atoms with E-state index in [1.54, 1.807) is 13.8 Å². The molecule has 1 saturated carbocycles. The second-order valence-electron chi connectivity index (χ2n) is 6.73. The standard InChI is InChI=1S/C18H27N3O6S/c1-4-20(5-2)28(25,26)15-10-11-17(16(12-15)21(23)24)27-13(3)18(22)19-14-8-6-7-9-14/h10-14H,4-9H2,1-3H3,(H,19,22)/t13-/m1/s1. The maximum absolute atomic E-state index is 12.6. The SMILES string of the molecule is CCN(CC)S(=O)(=O)c1ccc(O[C@H](C)C(=O)NC2CCCC2)c([N+](=O)[O-])c1. The lowest BCUT2D eigenvalue weighted by atomic mass is 10.2. The van der Waals surface area contributed by atoms with Gasteiger partial charge in [0, 0.05) is 25.2 Å². The van der Waals surface area contributed by atoms with Gasteiger partial charge in [0.2, 0.25) is 10.0 Å². The molecule has 1 aliphatic rings. The molecule has 1 aromatic rings. The third-order valence-corrected chi connectivity index (χ3v) is 6.89. The summed E-state index contributed by atoms with van der Waals surface area (Å²) in [5, 5.41) is 14.3. The minimum atomic E-state index is -3.84. The highest BCUT2D eigenvalue weighted by Gasteiger charge is 2.28. The summed E-state index contributed by atoms with van der Waals surface area (Å²) >= 11 is 0. The molecule has 1 aliphatic carbocycles. The molecule has 0 bridgehead atoms. The van der Waals surface area contributed by atoms with E-state index >= 15 is 0 Å². The lowest BCUT2D eigenvalue weighted by Gasteiger charge is -2.20. The summed E-state index contributed by atoms with van der Waals surface area (Å²) in [6.45, 7) is 5.40. The van der Waals surface area contributed by atoms with Gasteiger partial charge in [-0.05, 0) is 31.9 Å². The number of nitro groups is 1. The molecule has 1 amide bonds. The van der Waals surface area contributed by atoms with E-state index in [1.165, 1.54) is 23.4 Å². The van der Waals surface area contributed by atoms with Crippen molar-refractivity contribution in [3.8, 4) is 5.75 Å². The molecule has 1 atom stereocenters. The van der Waals surface area contributed by atoms with E-state index in [0.717, 1.165) is 31.7 Å². The van der Waals surface area contributed by atoms with Crippen molar-refractivity contribution >= 4 is 21.6 Å². The number of sulfonamides is 1. The Morgan fingerprint density at radius 2 is 1.93 bits per heavy atom. The van der Waals surface area contributed by atoms with Crippen LogP contribution in [0.2, 0.25) is 0 Å². The van der Waals surface area contributed by atoms with E-state index in [9.17, 15) is 23.3 Å². The molecule has 28 heavy (non-hydrogen) atoms. The van der Waals surface area contributed by atoms with Crippen molar-refractivity contribution in [3.05, 3.63) is 28.3 Å². The molecule has 0 saturated heterocycles. The van der Waals surface area contributed by atoms with Crippen molar-refractivity contribution in [2.24, 2.45) is 0 Å². The van der Waals surface area contributed by atoms with Gasteiger partial charge in [0.1, 0.15) is 0 Å². The van der Waals surface area contributed by atoms with Gasteiger partial charge in [-0.15, -0.1) is 0 Å². The van der Waals surface area contributed by atoms with Crippen LogP contribution >= 0.6 is 0 Å². The topological polar surface area (TPSA) is 119 Å². The van der Waals surface area contributed by atoms with Crippen LogP contribution < -0.4 is 10.1 Å². The van der Waals surface area contributed by atoms with Crippen LogP contribution in [0.1, 0.15) is 46.5 Å². The molecule has 156 valence electrons. The Kier molecular flexibility index (Phi) is 7.36. The van der Waals surface area contributed by atoms with E-state index in [-0.39, 0.29) is 35.7 Å². The van der Waals surface area contributed by atoms with Crippen molar-refractivity contribution in [2.75, 3.05) is 13.1 Å². The van der Waals surface area contributed by atoms with E-state index in [2.05, 4.69) is 5.32 Å². The van der Waals surface area contributed by atoms with Gasteiger partial charge in [0.15, 0.2) is 11.9 Å². The summed E-state index contributed by atoms with van der Waals surface area (Å²) in [7, 11) is -3.84. The van der Waals surface area contributed by atoms with Crippen LogP contribution in [-0.4, -0.2) is 48.8 Å². The number of nitrogens with one attached hydrogen (secondary N) is 1. The Morgan fingerprint density at radius 3 is 2.46 bits per heavy atom. The van der Waals surface area contributed by atoms with Crippen molar-refractivity contribution in [1.29, 1.82) is 0 Å². The van der Waals surface area contributed by atoms with Gasteiger partial charge in [-0.25, -0.2) is 8.42 Å².